The van der Waals surface area contributed by atoms with Gasteiger partial charge in [0.2, 0.25) is 16.9 Å². The second-order valence-corrected chi connectivity index (χ2v) is 8.12. The first-order valence-corrected chi connectivity index (χ1v) is 10.7. The van der Waals surface area contributed by atoms with Gasteiger partial charge in [-0.1, -0.05) is 0 Å². The fourth-order valence-corrected chi connectivity index (χ4v) is 4.05. The van der Waals surface area contributed by atoms with Gasteiger partial charge in [0.05, 0.1) is 18.6 Å². The van der Waals surface area contributed by atoms with E-state index in [1.165, 1.54) is 0 Å². The van der Waals surface area contributed by atoms with Crippen LogP contribution in [0.2, 0.25) is 5.28 Å². The molecule has 0 radical (unpaired) electrons. The largest absolute Gasteiger partial charge is 0.432 e. The molecule has 2 saturated heterocycles. The van der Waals surface area contributed by atoms with Gasteiger partial charge in [-0.15, -0.1) is 0 Å². The van der Waals surface area contributed by atoms with E-state index in [2.05, 4.69) is 31.8 Å². The average molecular weight is 443 g/mol. The Morgan fingerprint density at radius 3 is 2.68 bits per heavy atom. The van der Waals surface area contributed by atoms with E-state index in [0.29, 0.717) is 48.9 Å². The van der Waals surface area contributed by atoms with Gasteiger partial charge in [0.25, 0.3) is 0 Å². The molecule has 0 aliphatic carbocycles. The summed E-state index contributed by atoms with van der Waals surface area (Å²) < 4.78 is 11.4. The van der Waals surface area contributed by atoms with E-state index in [4.69, 9.17) is 20.8 Å². The van der Waals surface area contributed by atoms with Gasteiger partial charge in [-0.2, -0.15) is 4.98 Å². The highest BCUT2D eigenvalue weighted by atomic mass is 35.5. The Balaban J connectivity index is 1.46. The van der Waals surface area contributed by atoms with E-state index >= 15 is 0 Å². The fourth-order valence-electron chi connectivity index (χ4n) is 3.89. The summed E-state index contributed by atoms with van der Waals surface area (Å²) in [7, 11) is 2.06. The molecular formula is C21H23ClN6O3. The molecule has 3 aromatic heterocycles. The number of amides is 1. The molecule has 2 aliphatic rings. The van der Waals surface area contributed by atoms with Crippen LogP contribution in [0.15, 0.2) is 22.8 Å². The standard InChI is InChI=1S/C21H23ClN6O3/c1-26-4-6-27(7-5-26)16(29)3-2-14-12-15-17-18(31-20(15)23-13-14)19(25-21(22)24-17)28-8-10-30-11-9-28/h2-3,12-13H,4-11H2,1H3. The number of pyridine rings is 1. The number of morpholine rings is 1. The van der Waals surface area contributed by atoms with E-state index in [1.807, 2.05) is 11.0 Å². The molecule has 0 saturated carbocycles. The number of ether oxygens (including phenoxy) is 1. The average Bonchev–Trinajstić information content (AvgIpc) is 3.16. The van der Waals surface area contributed by atoms with Crippen LogP contribution in [-0.2, 0) is 9.53 Å². The Kier molecular flexibility index (Phi) is 5.47. The summed E-state index contributed by atoms with van der Waals surface area (Å²) in [5.74, 6) is 0.656. The van der Waals surface area contributed by atoms with Crippen LogP contribution in [0, 0.1) is 0 Å². The molecule has 5 heterocycles. The molecule has 0 N–H and O–H groups in total. The first kappa shape index (κ1) is 20.2. The molecule has 0 unspecified atom stereocenters. The van der Waals surface area contributed by atoms with Crippen LogP contribution in [0.5, 0.6) is 0 Å². The molecule has 31 heavy (non-hydrogen) atoms. The normalized spacial score (nSPS) is 18.5. The number of carbonyl (C=O) groups excluding carboxylic acids is 1. The van der Waals surface area contributed by atoms with Crippen molar-refractivity contribution >= 4 is 51.6 Å². The summed E-state index contributed by atoms with van der Waals surface area (Å²) in [4.78, 5) is 31.9. The van der Waals surface area contributed by atoms with Crippen molar-refractivity contribution in [2.24, 2.45) is 0 Å². The molecule has 0 aromatic carbocycles. The van der Waals surface area contributed by atoms with Crippen LogP contribution in [0.3, 0.4) is 0 Å². The Labute approximate surface area is 184 Å². The molecule has 0 spiro atoms. The number of aromatic nitrogens is 3. The Hall–Kier alpha value is -2.75. The monoisotopic (exact) mass is 442 g/mol. The minimum atomic E-state index is 0.00483. The van der Waals surface area contributed by atoms with Gasteiger partial charge in [-0.25, -0.2) is 9.97 Å². The molecule has 2 aliphatic heterocycles. The zero-order valence-electron chi connectivity index (χ0n) is 17.3. The van der Waals surface area contributed by atoms with Crippen LogP contribution in [0.25, 0.3) is 28.3 Å². The molecule has 162 valence electrons. The van der Waals surface area contributed by atoms with Gasteiger partial charge in [0.15, 0.2) is 11.4 Å². The smallest absolute Gasteiger partial charge is 0.246 e. The molecule has 5 rings (SSSR count). The molecule has 1 amide bonds. The van der Waals surface area contributed by atoms with Crippen molar-refractivity contribution in [1.82, 2.24) is 24.8 Å². The summed E-state index contributed by atoms with van der Waals surface area (Å²) in [6.07, 6.45) is 5.05. The quantitative estimate of drug-likeness (QED) is 0.450. The lowest BCUT2D eigenvalue weighted by atomic mass is 10.2. The third kappa shape index (κ3) is 4.08. The van der Waals surface area contributed by atoms with Crippen molar-refractivity contribution < 1.29 is 13.9 Å². The molecule has 2 fully saturated rings. The van der Waals surface area contributed by atoms with Gasteiger partial charge in [-0.3, -0.25) is 4.79 Å². The van der Waals surface area contributed by atoms with Gasteiger partial charge in [0.1, 0.15) is 5.52 Å². The maximum Gasteiger partial charge on any atom is 0.246 e. The predicted molar refractivity (Wildman–Crippen MR) is 118 cm³/mol. The highest BCUT2D eigenvalue weighted by molar-refractivity contribution is 6.29. The number of nitrogens with zero attached hydrogens (tertiary/aromatic N) is 6. The van der Waals surface area contributed by atoms with E-state index in [9.17, 15) is 4.79 Å². The number of halogens is 1. The minimum absolute atomic E-state index is 0.00483. The Morgan fingerprint density at radius 2 is 1.90 bits per heavy atom. The summed E-state index contributed by atoms with van der Waals surface area (Å²) >= 11 is 6.23. The number of furan rings is 1. The molecule has 0 atom stereocenters. The van der Waals surface area contributed by atoms with Gasteiger partial charge >= 0.3 is 0 Å². The topological polar surface area (TPSA) is 87.8 Å². The number of fused-ring (bicyclic) bond motifs is 3. The Bertz CT molecular complexity index is 1150. The lowest BCUT2D eigenvalue weighted by Gasteiger charge is -2.31. The summed E-state index contributed by atoms with van der Waals surface area (Å²) in [5, 5.41) is 0.894. The highest BCUT2D eigenvalue weighted by Crippen LogP contribution is 2.33. The van der Waals surface area contributed by atoms with Crippen LogP contribution >= 0.6 is 11.6 Å². The SMILES string of the molecule is CN1CCN(C(=O)C=Cc2cnc3oc4c(N5CCOCC5)nc(Cl)nc4c3c2)CC1. The van der Waals surface area contributed by atoms with Crippen LogP contribution < -0.4 is 4.90 Å². The van der Waals surface area contributed by atoms with Crippen LogP contribution in [0.1, 0.15) is 5.56 Å². The van der Waals surface area contributed by atoms with Crippen molar-refractivity contribution in [3.63, 3.8) is 0 Å². The fraction of sp³-hybridized carbons (Fsp3) is 0.429. The van der Waals surface area contributed by atoms with E-state index in [-0.39, 0.29) is 11.2 Å². The number of likely N-dealkylation sites (N-methyl/N-ethyl adjacent to an activating group) is 1. The number of anilines is 1. The molecule has 9 nitrogen and oxygen atoms in total. The first-order valence-electron chi connectivity index (χ1n) is 10.3. The number of piperazine rings is 1. The first-order chi connectivity index (χ1) is 15.1. The second-order valence-electron chi connectivity index (χ2n) is 7.78. The van der Waals surface area contributed by atoms with E-state index < -0.39 is 0 Å². The zero-order chi connectivity index (χ0) is 21.4. The van der Waals surface area contributed by atoms with E-state index in [1.54, 1.807) is 18.3 Å². The molecule has 10 heteroatoms. The summed E-state index contributed by atoms with van der Waals surface area (Å²) in [6, 6.07) is 1.91. The van der Waals surface area contributed by atoms with Crippen molar-refractivity contribution in [2.75, 3.05) is 64.4 Å². The maximum atomic E-state index is 12.5. The van der Waals surface area contributed by atoms with Gasteiger partial charge in [-0.05, 0) is 36.4 Å². The van der Waals surface area contributed by atoms with Gasteiger partial charge in [0, 0.05) is 51.5 Å². The Morgan fingerprint density at radius 1 is 1.13 bits per heavy atom. The lowest BCUT2D eigenvalue weighted by Crippen LogP contribution is -2.46. The van der Waals surface area contributed by atoms with Crippen molar-refractivity contribution in [2.45, 2.75) is 0 Å². The molecule has 0 bridgehead atoms. The number of carbonyl (C=O) groups is 1. The maximum absolute atomic E-state index is 12.5. The third-order valence-corrected chi connectivity index (χ3v) is 5.86. The predicted octanol–water partition coefficient (Wildman–Crippen LogP) is 2.05. The van der Waals surface area contributed by atoms with Crippen molar-refractivity contribution in [3.05, 3.63) is 29.2 Å². The summed E-state index contributed by atoms with van der Waals surface area (Å²) in [6.45, 7) is 5.91. The van der Waals surface area contributed by atoms with Crippen molar-refractivity contribution in [3.8, 4) is 0 Å². The van der Waals surface area contributed by atoms with Crippen LogP contribution in [0.4, 0.5) is 5.82 Å². The summed E-state index contributed by atoms with van der Waals surface area (Å²) in [5.41, 5.74) is 2.43. The van der Waals surface area contributed by atoms with Gasteiger partial charge < -0.3 is 23.9 Å². The molecule has 3 aromatic rings. The van der Waals surface area contributed by atoms with Crippen LogP contribution in [-0.4, -0.2) is 90.2 Å². The number of hydrogen-bond donors (Lipinski definition) is 0. The number of rotatable bonds is 3. The van der Waals surface area contributed by atoms with Crippen molar-refractivity contribution in [1.29, 1.82) is 0 Å². The third-order valence-electron chi connectivity index (χ3n) is 5.69. The second kappa shape index (κ2) is 8.41. The van der Waals surface area contributed by atoms with E-state index in [0.717, 1.165) is 37.1 Å². The number of hydrogen-bond acceptors (Lipinski definition) is 8. The molecular weight excluding hydrogens is 420 g/mol. The highest BCUT2D eigenvalue weighted by Gasteiger charge is 2.22. The zero-order valence-corrected chi connectivity index (χ0v) is 18.0. The lowest BCUT2D eigenvalue weighted by molar-refractivity contribution is -0.127. The minimum Gasteiger partial charge on any atom is -0.432 e.